The van der Waals surface area contributed by atoms with Crippen LogP contribution in [-0.4, -0.2) is 49.7 Å². The number of hydrogen-bond acceptors (Lipinski definition) is 5. The van der Waals surface area contributed by atoms with Gasteiger partial charge in [0, 0.05) is 13.1 Å². The molecule has 0 spiro atoms. The smallest absolute Gasteiger partial charge is 0.312 e. The summed E-state index contributed by atoms with van der Waals surface area (Å²) in [7, 11) is 0. The SMILES string of the molecule is CC(C)(CCN1CCOCC1)C(=O)OCS. The summed E-state index contributed by atoms with van der Waals surface area (Å²) in [6.07, 6.45) is 0.805. The molecule has 1 aliphatic rings. The van der Waals surface area contributed by atoms with Crippen molar-refractivity contribution in [2.45, 2.75) is 20.3 Å². The van der Waals surface area contributed by atoms with Crippen molar-refractivity contribution in [2.24, 2.45) is 5.41 Å². The van der Waals surface area contributed by atoms with Gasteiger partial charge in [-0.25, -0.2) is 0 Å². The Hall–Kier alpha value is -0.260. The van der Waals surface area contributed by atoms with Crippen molar-refractivity contribution < 1.29 is 14.3 Å². The van der Waals surface area contributed by atoms with Gasteiger partial charge in [0.15, 0.2) is 0 Å². The van der Waals surface area contributed by atoms with Crippen molar-refractivity contribution in [2.75, 3.05) is 38.8 Å². The second-order valence-corrected chi connectivity index (χ2v) is 4.91. The molecule has 94 valence electrons. The first-order valence-corrected chi connectivity index (χ1v) is 6.28. The van der Waals surface area contributed by atoms with Crippen LogP contribution in [0.3, 0.4) is 0 Å². The highest BCUT2D eigenvalue weighted by Crippen LogP contribution is 2.23. The van der Waals surface area contributed by atoms with Gasteiger partial charge in [0.2, 0.25) is 0 Å². The maximum absolute atomic E-state index is 11.6. The Morgan fingerprint density at radius 3 is 2.62 bits per heavy atom. The van der Waals surface area contributed by atoms with Crippen LogP contribution in [0.2, 0.25) is 0 Å². The molecule has 0 N–H and O–H groups in total. The van der Waals surface area contributed by atoms with Crippen LogP contribution in [0.5, 0.6) is 0 Å². The normalized spacial score (nSPS) is 18.4. The van der Waals surface area contributed by atoms with Gasteiger partial charge in [0.1, 0.15) is 5.94 Å². The van der Waals surface area contributed by atoms with Gasteiger partial charge < -0.3 is 9.47 Å². The van der Waals surface area contributed by atoms with Crippen LogP contribution in [-0.2, 0) is 14.3 Å². The number of rotatable bonds is 5. The number of morpholine rings is 1. The third-order valence-corrected chi connectivity index (χ3v) is 3.03. The Kier molecular flexibility index (Phi) is 5.58. The highest BCUT2D eigenvalue weighted by molar-refractivity contribution is 7.80. The molecule has 0 aromatic heterocycles. The van der Waals surface area contributed by atoms with E-state index in [1.165, 1.54) is 0 Å². The number of nitrogens with zero attached hydrogens (tertiary/aromatic N) is 1. The van der Waals surface area contributed by atoms with Gasteiger partial charge in [-0.05, 0) is 26.8 Å². The van der Waals surface area contributed by atoms with E-state index >= 15 is 0 Å². The minimum atomic E-state index is -0.430. The van der Waals surface area contributed by atoms with Crippen molar-refractivity contribution in [3.8, 4) is 0 Å². The number of esters is 1. The molecule has 1 aliphatic heterocycles. The second-order valence-electron chi connectivity index (χ2n) is 4.65. The summed E-state index contributed by atoms with van der Waals surface area (Å²) >= 11 is 3.89. The van der Waals surface area contributed by atoms with E-state index in [0.29, 0.717) is 0 Å². The Balaban J connectivity index is 2.31. The van der Waals surface area contributed by atoms with E-state index in [1.807, 2.05) is 13.8 Å². The highest BCUT2D eigenvalue weighted by atomic mass is 32.1. The Labute approximate surface area is 103 Å². The van der Waals surface area contributed by atoms with Crippen molar-refractivity contribution in [3.63, 3.8) is 0 Å². The van der Waals surface area contributed by atoms with Crippen LogP contribution in [0.4, 0.5) is 0 Å². The van der Waals surface area contributed by atoms with Crippen molar-refractivity contribution in [1.82, 2.24) is 4.90 Å². The van der Waals surface area contributed by atoms with E-state index in [4.69, 9.17) is 9.47 Å². The van der Waals surface area contributed by atoms with Gasteiger partial charge in [-0.1, -0.05) is 0 Å². The molecule has 4 nitrogen and oxygen atoms in total. The van der Waals surface area contributed by atoms with Crippen LogP contribution in [0, 0.1) is 5.41 Å². The van der Waals surface area contributed by atoms with Crippen molar-refractivity contribution in [3.05, 3.63) is 0 Å². The Bertz CT molecular complexity index is 227. The van der Waals surface area contributed by atoms with Gasteiger partial charge in [-0.2, -0.15) is 0 Å². The van der Waals surface area contributed by atoms with Gasteiger partial charge in [0.05, 0.1) is 18.6 Å². The molecule has 0 bridgehead atoms. The first kappa shape index (κ1) is 13.8. The lowest BCUT2D eigenvalue weighted by Crippen LogP contribution is -2.39. The van der Waals surface area contributed by atoms with E-state index in [1.54, 1.807) is 0 Å². The molecule has 1 saturated heterocycles. The van der Waals surface area contributed by atoms with E-state index < -0.39 is 5.41 Å². The van der Waals surface area contributed by atoms with Crippen LogP contribution in [0.25, 0.3) is 0 Å². The third kappa shape index (κ3) is 4.31. The molecule has 1 fully saturated rings. The molecule has 0 aliphatic carbocycles. The minimum absolute atomic E-state index is 0.153. The molecule has 0 saturated carbocycles. The topological polar surface area (TPSA) is 38.8 Å². The molecule has 0 atom stereocenters. The second kappa shape index (κ2) is 6.47. The lowest BCUT2D eigenvalue weighted by molar-refractivity contribution is -0.152. The molecule has 0 aromatic carbocycles. The summed E-state index contributed by atoms with van der Waals surface area (Å²) in [5, 5.41) is 0. The van der Waals surface area contributed by atoms with E-state index in [-0.39, 0.29) is 11.9 Å². The summed E-state index contributed by atoms with van der Waals surface area (Å²) < 4.78 is 10.2. The van der Waals surface area contributed by atoms with E-state index in [9.17, 15) is 4.79 Å². The third-order valence-electron chi connectivity index (χ3n) is 2.90. The molecule has 0 amide bonds. The monoisotopic (exact) mass is 247 g/mol. The molecule has 1 rings (SSSR count). The standard InChI is InChI=1S/C11H21NO3S/c1-11(2,10(13)15-9-16)3-4-12-5-7-14-8-6-12/h16H,3-9H2,1-2H3. The van der Waals surface area contributed by atoms with Crippen LogP contribution in [0.1, 0.15) is 20.3 Å². The summed E-state index contributed by atoms with van der Waals surface area (Å²) in [6.45, 7) is 8.24. The highest BCUT2D eigenvalue weighted by Gasteiger charge is 2.29. The van der Waals surface area contributed by atoms with Crippen molar-refractivity contribution >= 4 is 18.6 Å². The van der Waals surface area contributed by atoms with E-state index in [2.05, 4.69) is 17.5 Å². The average molecular weight is 247 g/mol. The molecular weight excluding hydrogens is 226 g/mol. The van der Waals surface area contributed by atoms with Crippen LogP contribution in [0.15, 0.2) is 0 Å². The quantitative estimate of drug-likeness (QED) is 0.449. The number of hydrogen-bond donors (Lipinski definition) is 1. The Morgan fingerprint density at radius 1 is 1.44 bits per heavy atom. The fourth-order valence-corrected chi connectivity index (χ4v) is 1.74. The first-order valence-electron chi connectivity index (χ1n) is 5.64. The van der Waals surface area contributed by atoms with Crippen LogP contribution >= 0.6 is 12.6 Å². The molecule has 5 heteroatoms. The minimum Gasteiger partial charge on any atom is -0.454 e. The van der Waals surface area contributed by atoms with Crippen LogP contribution < -0.4 is 0 Å². The largest absolute Gasteiger partial charge is 0.454 e. The average Bonchev–Trinajstić information content (AvgIpc) is 2.28. The zero-order valence-corrected chi connectivity index (χ0v) is 11.0. The predicted molar refractivity (Wildman–Crippen MR) is 65.6 cm³/mol. The van der Waals surface area contributed by atoms with Gasteiger partial charge in [-0.3, -0.25) is 9.69 Å². The lowest BCUT2D eigenvalue weighted by atomic mass is 9.89. The number of carbonyl (C=O) groups excluding carboxylic acids is 1. The summed E-state index contributed by atoms with van der Waals surface area (Å²) in [4.78, 5) is 13.9. The fourth-order valence-electron chi connectivity index (χ4n) is 1.62. The lowest BCUT2D eigenvalue weighted by Gasteiger charge is -2.30. The maximum atomic E-state index is 11.6. The Morgan fingerprint density at radius 2 is 2.06 bits per heavy atom. The fraction of sp³-hybridized carbons (Fsp3) is 0.909. The predicted octanol–water partition coefficient (Wildman–Crippen LogP) is 1.17. The zero-order valence-electron chi connectivity index (χ0n) is 10.1. The summed E-state index contributed by atoms with van der Waals surface area (Å²) in [5.74, 6) is -0.0180. The summed E-state index contributed by atoms with van der Waals surface area (Å²) in [5.41, 5.74) is -0.430. The molecule has 0 radical (unpaired) electrons. The number of thiol groups is 1. The molecule has 0 unspecified atom stereocenters. The van der Waals surface area contributed by atoms with Crippen molar-refractivity contribution in [1.29, 1.82) is 0 Å². The molecule has 0 aromatic rings. The van der Waals surface area contributed by atoms with E-state index in [0.717, 1.165) is 39.3 Å². The van der Waals surface area contributed by atoms with Gasteiger partial charge >= 0.3 is 5.97 Å². The molecule has 1 heterocycles. The van der Waals surface area contributed by atoms with Gasteiger partial charge in [-0.15, -0.1) is 12.6 Å². The maximum Gasteiger partial charge on any atom is 0.312 e. The zero-order chi connectivity index (χ0) is 12.0. The summed E-state index contributed by atoms with van der Waals surface area (Å²) in [6, 6.07) is 0. The molecule has 16 heavy (non-hydrogen) atoms. The number of ether oxygens (including phenoxy) is 2. The first-order chi connectivity index (χ1) is 7.56. The van der Waals surface area contributed by atoms with Gasteiger partial charge in [0.25, 0.3) is 0 Å². The number of carbonyl (C=O) groups is 1. The molecular formula is C11H21NO3S.